The van der Waals surface area contributed by atoms with Crippen molar-refractivity contribution < 1.29 is 4.79 Å². The first-order valence-electron chi connectivity index (χ1n) is 12.4. The molecule has 2 aromatic heterocycles. The van der Waals surface area contributed by atoms with Gasteiger partial charge >= 0.3 is 0 Å². The predicted molar refractivity (Wildman–Crippen MR) is 146 cm³/mol. The molecule has 1 aliphatic rings. The molecule has 37 heavy (non-hydrogen) atoms. The average Bonchev–Trinajstić information content (AvgIpc) is 3.36. The first-order valence-corrected chi connectivity index (χ1v) is 12.4. The SMILES string of the molecule is Cn1nccc1-c1ccc2c(=O)n(Cc3cccc(C(=O)Nc4ccc5c(c4)CCNC5)c3)ccc2c1. The second kappa shape index (κ2) is 9.52. The van der Waals surface area contributed by atoms with Crippen molar-refractivity contribution in [1.29, 1.82) is 0 Å². The van der Waals surface area contributed by atoms with Crippen LogP contribution < -0.4 is 16.2 Å². The van der Waals surface area contributed by atoms with Crippen LogP contribution in [0.4, 0.5) is 5.69 Å². The van der Waals surface area contributed by atoms with Gasteiger partial charge in [-0.3, -0.25) is 14.3 Å². The number of anilines is 1. The van der Waals surface area contributed by atoms with E-state index in [9.17, 15) is 9.59 Å². The lowest BCUT2D eigenvalue weighted by atomic mass is 10.0. The number of hydrogen-bond donors (Lipinski definition) is 2. The van der Waals surface area contributed by atoms with Gasteiger partial charge in [0, 0.05) is 48.2 Å². The number of amides is 1. The highest BCUT2D eigenvalue weighted by atomic mass is 16.1. The van der Waals surface area contributed by atoms with Gasteiger partial charge in [-0.05, 0) is 83.6 Å². The van der Waals surface area contributed by atoms with Crippen molar-refractivity contribution in [2.24, 2.45) is 7.05 Å². The summed E-state index contributed by atoms with van der Waals surface area (Å²) in [6, 6.07) is 23.3. The third-order valence-corrected chi connectivity index (χ3v) is 6.99. The molecule has 0 radical (unpaired) electrons. The molecule has 0 bridgehead atoms. The first kappa shape index (κ1) is 22.9. The number of benzene rings is 3. The van der Waals surface area contributed by atoms with Crippen LogP contribution in [0.5, 0.6) is 0 Å². The van der Waals surface area contributed by atoms with E-state index in [4.69, 9.17) is 0 Å². The van der Waals surface area contributed by atoms with Gasteiger partial charge in [0.25, 0.3) is 11.5 Å². The highest BCUT2D eigenvalue weighted by Crippen LogP contribution is 2.23. The molecule has 1 aliphatic heterocycles. The minimum Gasteiger partial charge on any atom is -0.322 e. The predicted octanol–water partition coefficient (Wildman–Crippen LogP) is 4.35. The molecule has 0 saturated heterocycles. The van der Waals surface area contributed by atoms with E-state index >= 15 is 0 Å². The minimum absolute atomic E-state index is 0.0625. The normalized spacial score (nSPS) is 12.9. The zero-order valence-electron chi connectivity index (χ0n) is 20.6. The van der Waals surface area contributed by atoms with Crippen molar-refractivity contribution in [1.82, 2.24) is 19.7 Å². The van der Waals surface area contributed by atoms with E-state index in [-0.39, 0.29) is 11.5 Å². The molecule has 7 nitrogen and oxygen atoms in total. The summed E-state index contributed by atoms with van der Waals surface area (Å²) in [6.45, 7) is 2.20. The van der Waals surface area contributed by atoms with E-state index in [0.29, 0.717) is 17.5 Å². The largest absolute Gasteiger partial charge is 0.322 e. The van der Waals surface area contributed by atoms with Crippen LogP contribution in [0.1, 0.15) is 27.0 Å². The molecule has 0 saturated carbocycles. The van der Waals surface area contributed by atoms with Gasteiger partial charge in [-0.25, -0.2) is 0 Å². The molecule has 0 spiro atoms. The average molecular weight is 490 g/mol. The van der Waals surface area contributed by atoms with Gasteiger partial charge in [0.15, 0.2) is 0 Å². The van der Waals surface area contributed by atoms with E-state index in [1.807, 2.05) is 72.5 Å². The molecular weight excluding hydrogens is 462 g/mol. The van der Waals surface area contributed by atoms with Gasteiger partial charge < -0.3 is 15.2 Å². The number of aromatic nitrogens is 3. The van der Waals surface area contributed by atoms with E-state index in [1.165, 1.54) is 11.1 Å². The Morgan fingerprint density at radius 3 is 2.81 bits per heavy atom. The molecule has 1 amide bonds. The monoisotopic (exact) mass is 489 g/mol. The van der Waals surface area contributed by atoms with Crippen molar-refractivity contribution in [3.05, 3.63) is 118 Å². The topological polar surface area (TPSA) is 81.0 Å². The van der Waals surface area contributed by atoms with Crippen LogP contribution in [-0.2, 0) is 26.6 Å². The zero-order valence-corrected chi connectivity index (χ0v) is 20.6. The summed E-state index contributed by atoms with van der Waals surface area (Å²) in [5.74, 6) is -0.163. The summed E-state index contributed by atoms with van der Waals surface area (Å²) in [5, 5.41) is 12.2. The van der Waals surface area contributed by atoms with Gasteiger partial charge in [-0.1, -0.05) is 24.3 Å². The third-order valence-electron chi connectivity index (χ3n) is 6.99. The summed E-state index contributed by atoms with van der Waals surface area (Å²) in [4.78, 5) is 26.2. The first-order chi connectivity index (χ1) is 18.0. The molecule has 5 aromatic rings. The second-order valence-corrected chi connectivity index (χ2v) is 9.46. The smallest absolute Gasteiger partial charge is 0.258 e. The van der Waals surface area contributed by atoms with Crippen LogP contribution in [0.3, 0.4) is 0 Å². The maximum atomic E-state index is 13.2. The Bertz CT molecular complexity index is 1700. The molecular formula is C30H27N5O2. The van der Waals surface area contributed by atoms with Crippen LogP contribution in [0.15, 0.2) is 90.0 Å². The van der Waals surface area contributed by atoms with Gasteiger partial charge in [-0.2, -0.15) is 5.10 Å². The molecule has 2 N–H and O–H groups in total. The molecule has 0 aliphatic carbocycles. The fourth-order valence-electron chi connectivity index (χ4n) is 4.99. The Labute approximate surface area is 214 Å². The summed E-state index contributed by atoms with van der Waals surface area (Å²) in [5.41, 5.74) is 6.74. The van der Waals surface area contributed by atoms with E-state index in [1.54, 1.807) is 16.8 Å². The molecule has 0 fully saturated rings. The van der Waals surface area contributed by atoms with Crippen LogP contribution in [-0.4, -0.2) is 26.8 Å². The Hall–Kier alpha value is -4.49. The number of fused-ring (bicyclic) bond motifs is 2. The second-order valence-electron chi connectivity index (χ2n) is 9.46. The number of carbonyl (C=O) groups is 1. The summed E-state index contributed by atoms with van der Waals surface area (Å²) >= 11 is 0. The van der Waals surface area contributed by atoms with Crippen LogP contribution in [0, 0.1) is 0 Å². The van der Waals surface area contributed by atoms with E-state index in [2.05, 4.69) is 27.9 Å². The number of rotatable bonds is 5. The Balaban J connectivity index is 1.22. The highest BCUT2D eigenvalue weighted by Gasteiger charge is 2.13. The minimum atomic E-state index is -0.163. The molecule has 0 unspecified atom stereocenters. The summed E-state index contributed by atoms with van der Waals surface area (Å²) < 4.78 is 3.50. The van der Waals surface area contributed by atoms with Crippen LogP contribution in [0.2, 0.25) is 0 Å². The van der Waals surface area contributed by atoms with Crippen molar-refractivity contribution in [2.45, 2.75) is 19.5 Å². The summed E-state index contributed by atoms with van der Waals surface area (Å²) in [7, 11) is 1.90. The lowest BCUT2D eigenvalue weighted by Crippen LogP contribution is -2.23. The highest BCUT2D eigenvalue weighted by molar-refractivity contribution is 6.04. The Morgan fingerprint density at radius 2 is 1.95 bits per heavy atom. The van der Waals surface area contributed by atoms with Gasteiger partial charge in [0.2, 0.25) is 0 Å². The zero-order chi connectivity index (χ0) is 25.4. The maximum Gasteiger partial charge on any atom is 0.258 e. The quantitative estimate of drug-likeness (QED) is 0.385. The van der Waals surface area contributed by atoms with Crippen LogP contribution >= 0.6 is 0 Å². The molecule has 0 atom stereocenters. The van der Waals surface area contributed by atoms with Crippen molar-refractivity contribution in [3.8, 4) is 11.3 Å². The number of carbonyl (C=O) groups excluding carboxylic acids is 1. The number of aryl methyl sites for hydroxylation is 1. The molecule has 7 heteroatoms. The lowest BCUT2D eigenvalue weighted by molar-refractivity contribution is 0.102. The van der Waals surface area contributed by atoms with E-state index in [0.717, 1.165) is 47.4 Å². The number of pyridine rings is 1. The maximum absolute atomic E-state index is 13.2. The van der Waals surface area contributed by atoms with Gasteiger partial charge in [0.1, 0.15) is 0 Å². The number of nitrogens with zero attached hydrogens (tertiary/aromatic N) is 3. The molecule has 6 rings (SSSR count). The molecule has 184 valence electrons. The van der Waals surface area contributed by atoms with Crippen molar-refractivity contribution in [3.63, 3.8) is 0 Å². The van der Waals surface area contributed by atoms with Gasteiger partial charge in [-0.15, -0.1) is 0 Å². The van der Waals surface area contributed by atoms with Gasteiger partial charge in [0.05, 0.1) is 12.2 Å². The van der Waals surface area contributed by atoms with Crippen molar-refractivity contribution in [2.75, 3.05) is 11.9 Å². The molecule has 3 aromatic carbocycles. The fourth-order valence-corrected chi connectivity index (χ4v) is 4.99. The number of hydrogen-bond acceptors (Lipinski definition) is 4. The van der Waals surface area contributed by atoms with E-state index < -0.39 is 0 Å². The molecule has 3 heterocycles. The summed E-state index contributed by atoms with van der Waals surface area (Å²) in [6.07, 6.45) is 4.53. The third kappa shape index (κ3) is 4.57. The van der Waals surface area contributed by atoms with Crippen molar-refractivity contribution >= 4 is 22.4 Å². The van der Waals surface area contributed by atoms with Crippen LogP contribution in [0.25, 0.3) is 22.0 Å². The number of nitrogens with one attached hydrogen (secondary N) is 2. The Morgan fingerprint density at radius 1 is 1.03 bits per heavy atom. The fraction of sp³-hybridized carbons (Fsp3) is 0.167. The Kier molecular flexibility index (Phi) is 5.90. The standard InChI is InChI=1S/C30H27N5O2/c1-34-28(10-13-32-34)23-6-8-27-22(16-23)11-14-35(30(27)37)19-20-3-2-4-24(15-20)29(36)33-26-7-5-25-18-31-12-9-21(25)17-26/h2-8,10-11,13-17,31H,9,12,18-19H2,1H3,(H,33,36). The lowest BCUT2D eigenvalue weighted by Gasteiger charge is -2.18.